The van der Waals surface area contributed by atoms with E-state index in [2.05, 4.69) is 32.2 Å². The van der Waals surface area contributed by atoms with Gasteiger partial charge in [-0.2, -0.15) is 5.26 Å². The summed E-state index contributed by atoms with van der Waals surface area (Å²) in [6.07, 6.45) is 1.28. The Hall–Kier alpha value is -2.70. The molecule has 1 aromatic rings. The van der Waals surface area contributed by atoms with E-state index in [0.717, 1.165) is 0 Å². The molecular weight excluding hydrogens is 476 g/mol. The molecule has 1 unspecified atom stereocenters. The molecule has 12 nitrogen and oxygen atoms in total. The Morgan fingerprint density at radius 3 is 3.00 bits per heavy atom. The highest BCUT2D eigenvalue weighted by molar-refractivity contribution is 8.01. The number of aliphatic carboxylic acids is 1. The number of fused-ring (bicyclic) bond motifs is 1. The number of nitrogens with one attached hydrogen (secondary N) is 2. The fourth-order valence-corrected chi connectivity index (χ4v) is 6.28. The van der Waals surface area contributed by atoms with Crippen LogP contribution in [0, 0.1) is 23.2 Å². The van der Waals surface area contributed by atoms with Crippen molar-refractivity contribution in [1.29, 1.82) is 5.26 Å². The highest BCUT2D eigenvalue weighted by Crippen LogP contribution is 2.43. The summed E-state index contributed by atoms with van der Waals surface area (Å²) in [4.78, 5) is 36.9. The van der Waals surface area contributed by atoms with Crippen LogP contribution < -0.4 is 10.6 Å². The normalized spacial score (nSPS) is 26.0. The minimum atomic E-state index is -1.17. The van der Waals surface area contributed by atoms with Gasteiger partial charge in [0.25, 0.3) is 5.91 Å². The number of hydrogen-bond acceptors (Lipinski definition) is 10. The first-order valence-corrected chi connectivity index (χ1v) is 12.1. The first-order chi connectivity index (χ1) is 15.5. The summed E-state index contributed by atoms with van der Waals surface area (Å²) in [5.41, 5.74) is 0.587. The van der Waals surface area contributed by atoms with Crippen molar-refractivity contribution in [3.63, 3.8) is 0 Å². The second-order valence-electron chi connectivity index (χ2n) is 7.28. The fraction of sp³-hybridized carbons (Fsp3) is 0.529. The summed E-state index contributed by atoms with van der Waals surface area (Å²) in [5, 5.41) is 35.9. The molecule has 3 heterocycles. The third-order valence-electron chi connectivity index (χ3n) is 5.27. The number of rotatable bonds is 10. The van der Waals surface area contributed by atoms with Crippen LogP contribution in [0.3, 0.4) is 0 Å². The summed E-state index contributed by atoms with van der Waals surface area (Å²) in [6.45, 7) is 0.735. The molecule has 0 radical (unpaired) electrons. The van der Waals surface area contributed by atoms with Gasteiger partial charge in [0, 0.05) is 24.0 Å². The quantitative estimate of drug-likeness (QED) is 0.122. The van der Waals surface area contributed by atoms with Crippen LogP contribution in [0.1, 0.15) is 6.42 Å². The van der Waals surface area contributed by atoms with Gasteiger partial charge in [0.05, 0.1) is 23.5 Å². The Bertz CT molecular complexity index is 1040. The number of tetrazole rings is 1. The Morgan fingerprint density at radius 1 is 1.50 bits per heavy atom. The summed E-state index contributed by atoms with van der Waals surface area (Å²) in [6, 6.07) is 1.58. The lowest BCUT2D eigenvalue weighted by Crippen LogP contribution is -2.70. The van der Waals surface area contributed by atoms with E-state index in [-0.39, 0.29) is 28.8 Å². The number of hydrogen-bond donors (Lipinski definition) is 3. The molecule has 4 rings (SSSR count). The number of carboxylic acid groups (broad SMARTS) is 1. The predicted octanol–water partition coefficient (Wildman–Crippen LogP) is -0.790. The first-order valence-electron chi connectivity index (χ1n) is 9.62. The molecule has 32 heavy (non-hydrogen) atoms. The zero-order chi connectivity index (χ0) is 22.8. The molecular formula is C17H18N8O4S3. The Balaban J connectivity index is 1.42. The van der Waals surface area contributed by atoms with Crippen molar-refractivity contribution in [1.82, 2.24) is 35.7 Å². The lowest BCUT2D eigenvalue weighted by atomic mass is 10.0. The monoisotopic (exact) mass is 494 g/mol. The van der Waals surface area contributed by atoms with Crippen molar-refractivity contribution < 1.29 is 19.5 Å². The van der Waals surface area contributed by atoms with Gasteiger partial charge in [-0.3, -0.25) is 14.5 Å². The average molecular weight is 495 g/mol. The third kappa shape index (κ3) is 4.30. The molecule has 1 aromatic heterocycles. The predicted molar refractivity (Wildman–Crippen MR) is 117 cm³/mol. The molecule has 3 N–H and O–H groups in total. The van der Waals surface area contributed by atoms with Gasteiger partial charge in [0.15, 0.2) is 0 Å². The highest BCUT2D eigenvalue weighted by atomic mass is 32.2. The molecule has 4 atom stereocenters. The summed E-state index contributed by atoms with van der Waals surface area (Å²) >= 11 is 8.06. The van der Waals surface area contributed by atoms with Gasteiger partial charge in [-0.25, -0.2) is 9.48 Å². The number of thiocarbonyl (C=S) groups is 1. The average Bonchev–Trinajstić information content (AvgIpc) is 3.45. The first kappa shape index (κ1) is 22.5. The Labute approximate surface area is 196 Å². The molecule has 0 bridgehead atoms. The highest BCUT2D eigenvalue weighted by Gasteiger charge is 2.55. The maximum absolute atomic E-state index is 12.8. The lowest BCUT2D eigenvalue weighted by molar-refractivity contribution is -0.148. The number of thioether (sulfide) groups is 2. The molecule has 1 aliphatic carbocycles. The molecule has 1 saturated carbocycles. The summed E-state index contributed by atoms with van der Waals surface area (Å²) in [7, 11) is 0. The lowest BCUT2D eigenvalue weighted by Gasteiger charge is -2.49. The topological polar surface area (TPSA) is 166 Å². The van der Waals surface area contributed by atoms with E-state index in [9.17, 15) is 19.5 Å². The van der Waals surface area contributed by atoms with Gasteiger partial charge in [-0.05, 0) is 22.4 Å². The van der Waals surface area contributed by atoms with Crippen LogP contribution in [0.25, 0.3) is 0 Å². The third-order valence-corrected chi connectivity index (χ3v) is 8.07. The summed E-state index contributed by atoms with van der Waals surface area (Å²) in [5.74, 6) is -0.907. The maximum atomic E-state index is 12.8. The smallest absolute Gasteiger partial charge is 0.352 e. The zero-order valence-electron chi connectivity index (χ0n) is 16.5. The largest absolute Gasteiger partial charge is 0.477 e. The van der Waals surface area contributed by atoms with Crippen LogP contribution >= 0.6 is 35.7 Å². The van der Waals surface area contributed by atoms with E-state index in [4.69, 9.17) is 17.5 Å². The molecule has 2 aliphatic heterocycles. The number of carbonyl (C=O) groups is 3. The van der Waals surface area contributed by atoms with E-state index >= 15 is 0 Å². The fourth-order valence-electron chi connectivity index (χ4n) is 3.50. The van der Waals surface area contributed by atoms with Crippen LogP contribution in [0.5, 0.6) is 0 Å². The number of nitriles is 1. The SMILES string of the molecule is N#C[C@@H]1C[C@@H]1C(=S)NC1C(=O)N2C(C(=O)O)=C(CSc3nnnn3CCNC=O)CS[C@@H]12. The van der Waals surface area contributed by atoms with Crippen LogP contribution in [0.4, 0.5) is 0 Å². The van der Waals surface area contributed by atoms with Crippen LogP contribution in [-0.4, -0.2) is 83.0 Å². The Morgan fingerprint density at radius 2 is 2.31 bits per heavy atom. The number of β-lactam (4-membered cyclic amide) rings is 1. The van der Waals surface area contributed by atoms with Crippen molar-refractivity contribution in [2.24, 2.45) is 11.8 Å². The maximum Gasteiger partial charge on any atom is 0.352 e. The van der Waals surface area contributed by atoms with E-state index in [1.807, 2.05) is 0 Å². The van der Waals surface area contributed by atoms with Crippen molar-refractivity contribution in [2.75, 3.05) is 18.1 Å². The van der Waals surface area contributed by atoms with Crippen molar-refractivity contribution in [2.45, 2.75) is 29.5 Å². The van der Waals surface area contributed by atoms with Gasteiger partial charge in [0.2, 0.25) is 11.6 Å². The second-order valence-corrected chi connectivity index (χ2v) is 9.76. The van der Waals surface area contributed by atoms with Crippen LogP contribution in [0.2, 0.25) is 0 Å². The standard InChI is InChI=1S/C17H18N8O4S3/c18-4-8-3-10(8)13(30)20-11-14(27)25-12(16(28)29)9(5-31-15(11)25)6-32-17-21-22-23-24(17)2-1-19-7-26/h7-8,10-11,15H,1-3,5-6H2,(H,19,26)(H,20,30)(H,28,29)/t8-,10-,11?,15-/m0/s1. The molecule has 1 saturated heterocycles. The molecule has 2 amide bonds. The Kier molecular flexibility index (Phi) is 6.63. The second kappa shape index (κ2) is 9.43. The molecule has 168 valence electrons. The van der Waals surface area contributed by atoms with Gasteiger partial charge in [-0.1, -0.05) is 24.0 Å². The summed E-state index contributed by atoms with van der Waals surface area (Å²) < 4.78 is 1.52. The van der Waals surface area contributed by atoms with Crippen LogP contribution in [0.15, 0.2) is 16.4 Å². The van der Waals surface area contributed by atoms with Gasteiger partial charge < -0.3 is 15.7 Å². The van der Waals surface area contributed by atoms with Crippen molar-refractivity contribution >= 4 is 59.0 Å². The molecule has 2 fully saturated rings. The van der Waals surface area contributed by atoms with Gasteiger partial charge >= 0.3 is 5.97 Å². The van der Waals surface area contributed by atoms with Gasteiger partial charge in [0.1, 0.15) is 17.1 Å². The van der Waals surface area contributed by atoms with Crippen LogP contribution in [-0.2, 0) is 20.9 Å². The van der Waals surface area contributed by atoms with E-state index in [1.165, 1.54) is 33.1 Å². The number of carbonyl (C=O) groups excluding carboxylic acids is 2. The molecule has 15 heteroatoms. The minimum absolute atomic E-state index is 0.0156. The number of aromatic nitrogens is 4. The molecule has 3 aliphatic rings. The van der Waals surface area contributed by atoms with E-state index < -0.39 is 12.0 Å². The number of carboxylic acids is 1. The number of amides is 2. The molecule has 0 aromatic carbocycles. The van der Waals surface area contributed by atoms with Crippen molar-refractivity contribution in [3.8, 4) is 6.07 Å². The molecule has 0 spiro atoms. The minimum Gasteiger partial charge on any atom is -0.477 e. The number of nitrogens with zero attached hydrogens (tertiary/aromatic N) is 6. The van der Waals surface area contributed by atoms with Gasteiger partial charge in [-0.15, -0.1) is 16.9 Å². The van der Waals surface area contributed by atoms with Crippen molar-refractivity contribution in [3.05, 3.63) is 11.3 Å². The zero-order valence-corrected chi connectivity index (χ0v) is 19.0. The van der Waals surface area contributed by atoms with E-state index in [0.29, 0.717) is 53.1 Å². The van der Waals surface area contributed by atoms with E-state index in [1.54, 1.807) is 0 Å².